The lowest BCUT2D eigenvalue weighted by atomic mass is 10.1. The quantitative estimate of drug-likeness (QED) is 0.659. The minimum atomic E-state index is -0.261. The Balaban J connectivity index is 1.53. The number of carbonyl (C=O) groups excluding carboxylic acids is 1. The third-order valence-electron chi connectivity index (χ3n) is 3.78. The lowest BCUT2D eigenvalue weighted by Crippen LogP contribution is -2.32. The van der Waals surface area contributed by atoms with Gasteiger partial charge in [0.15, 0.2) is 16.7 Å². The lowest BCUT2D eigenvalue weighted by Gasteiger charge is -2.11. The molecular weight excluding hydrogens is 336 g/mol. The Hall–Kier alpha value is -2.54. The number of aromatic nitrogens is 3. The first-order valence-corrected chi connectivity index (χ1v) is 8.94. The summed E-state index contributed by atoms with van der Waals surface area (Å²) in [5.74, 6) is 1.29. The van der Waals surface area contributed by atoms with Gasteiger partial charge in [0.25, 0.3) is 0 Å². The van der Waals surface area contributed by atoms with Crippen LogP contribution in [0.3, 0.4) is 0 Å². The number of nitrogens with zero attached hydrogens (tertiary/aromatic N) is 3. The summed E-state index contributed by atoms with van der Waals surface area (Å²) in [6.07, 6.45) is 2.41. The summed E-state index contributed by atoms with van der Waals surface area (Å²) in [7, 11) is 1.86. The van der Waals surface area contributed by atoms with Gasteiger partial charge in [0.05, 0.1) is 11.5 Å². The van der Waals surface area contributed by atoms with E-state index in [0.29, 0.717) is 23.3 Å². The number of thioether (sulfide) groups is 1. The second kappa shape index (κ2) is 8.02. The van der Waals surface area contributed by atoms with Gasteiger partial charge in [-0.1, -0.05) is 42.1 Å². The molecule has 2 aromatic heterocycles. The molecule has 130 valence electrons. The second-order valence-corrected chi connectivity index (χ2v) is 6.94. The van der Waals surface area contributed by atoms with E-state index >= 15 is 0 Å². The minimum Gasteiger partial charge on any atom is -0.461 e. The van der Waals surface area contributed by atoms with Crippen molar-refractivity contribution in [3.05, 3.63) is 54.3 Å². The predicted molar refractivity (Wildman–Crippen MR) is 97.2 cm³/mol. The monoisotopic (exact) mass is 356 g/mol. The average Bonchev–Trinajstić information content (AvgIpc) is 3.26. The molecule has 0 fully saturated rings. The van der Waals surface area contributed by atoms with Crippen LogP contribution in [0.15, 0.2) is 58.3 Å². The molecule has 1 N–H and O–H groups in total. The Labute approximate surface area is 150 Å². The molecule has 0 bridgehead atoms. The van der Waals surface area contributed by atoms with Gasteiger partial charge in [-0.2, -0.15) is 0 Å². The van der Waals surface area contributed by atoms with Crippen LogP contribution in [0, 0.1) is 0 Å². The summed E-state index contributed by atoms with van der Waals surface area (Å²) in [4.78, 5) is 12.3. The van der Waals surface area contributed by atoms with Crippen molar-refractivity contribution in [3.63, 3.8) is 0 Å². The summed E-state index contributed by atoms with van der Waals surface area (Å²) in [5.41, 5.74) is 1.21. The molecule has 3 aromatic rings. The first kappa shape index (κ1) is 17.3. The van der Waals surface area contributed by atoms with Crippen molar-refractivity contribution in [1.82, 2.24) is 20.1 Å². The van der Waals surface area contributed by atoms with E-state index in [-0.39, 0.29) is 11.2 Å². The number of amides is 1. The Bertz CT molecular complexity index is 815. The van der Waals surface area contributed by atoms with Gasteiger partial charge in [0.1, 0.15) is 0 Å². The summed E-state index contributed by atoms with van der Waals surface area (Å²) < 4.78 is 7.18. The Morgan fingerprint density at radius 1 is 1.24 bits per heavy atom. The maximum Gasteiger partial charge on any atom is 0.233 e. The summed E-state index contributed by atoms with van der Waals surface area (Å²) in [6, 6.07) is 13.7. The summed E-state index contributed by atoms with van der Waals surface area (Å²) in [6.45, 7) is 2.48. The van der Waals surface area contributed by atoms with E-state index in [1.54, 1.807) is 12.3 Å². The van der Waals surface area contributed by atoms with Crippen LogP contribution < -0.4 is 5.32 Å². The highest BCUT2D eigenvalue weighted by Crippen LogP contribution is 2.25. The minimum absolute atomic E-state index is 0.0107. The fourth-order valence-electron chi connectivity index (χ4n) is 2.37. The SMILES string of the molecule is C[C@H](Sc1nnc(-c2ccco2)n1C)C(=O)NCCc1ccccc1. The molecule has 0 aliphatic rings. The zero-order valence-electron chi connectivity index (χ0n) is 14.2. The molecule has 7 heteroatoms. The van der Waals surface area contributed by atoms with Gasteiger partial charge in [0, 0.05) is 13.6 Å². The van der Waals surface area contributed by atoms with Gasteiger partial charge in [-0.15, -0.1) is 10.2 Å². The third-order valence-corrected chi connectivity index (χ3v) is 4.92. The van der Waals surface area contributed by atoms with Crippen molar-refractivity contribution in [2.45, 2.75) is 23.8 Å². The lowest BCUT2D eigenvalue weighted by molar-refractivity contribution is -0.120. The maximum atomic E-state index is 12.3. The first-order chi connectivity index (χ1) is 12.1. The molecule has 25 heavy (non-hydrogen) atoms. The van der Waals surface area contributed by atoms with Crippen molar-refractivity contribution in [2.24, 2.45) is 7.05 Å². The molecule has 0 saturated heterocycles. The highest BCUT2D eigenvalue weighted by atomic mass is 32.2. The smallest absolute Gasteiger partial charge is 0.233 e. The standard InChI is InChI=1S/C18H20N4O2S/c1-13(17(23)19-11-10-14-7-4-3-5-8-14)25-18-21-20-16(22(18)2)15-9-6-12-24-15/h3-9,12-13H,10-11H2,1-2H3,(H,19,23)/t13-/m0/s1. The van der Waals surface area contributed by atoms with Gasteiger partial charge in [0.2, 0.25) is 5.91 Å². The fraction of sp³-hybridized carbons (Fsp3) is 0.278. The Morgan fingerprint density at radius 3 is 2.76 bits per heavy atom. The van der Waals surface area contributed by atoms with Crippen LogP contribution in [0.4, 0.5) is 0 Å². The Kier molecular flexibility index (Phi) is 5.55. The number of hydrogen-bond donors (Lipinski definition) is 1. The molecular formula is C18H20N4O2S. The van der Waals surface area contributed by atoms with Crippen LogP contribution in [0.5, 0.6) is 0 Å². The van der Waals surface area contributed by atoms with E-state index in [2.05, 4.69) is 27.6 Å². The zero-order chi connectivity index (χ0) is 17.6. The molecule has 0 aliphatic carbocycles. The number of benzene rings is 1. The molecule has 0 saturated carbocycles. The van der Waals surface area contributed by atoms with E-state index in [0.717, 1.165) is 6.42 Å². The largest absolute Gasteiger partial charge is 0.461 e. The highest BCUT2D eigenvalue weighted by Gasteiger charge is 2.19. The van der Waals surface area contributed by atoms with Crippen molar-refractivity contribution >= 4 is 17.7 Å². The molecule has 0 spiro atoms. The topological polar surface area (TPSA) is 73.0 Å². The van der Waals surface area contributed by atoms with Gasteiger partial charge >= 0.3 is 0 Å². The van der Waals surface area contributed by atoms with Crippen molar-refractivity contribution in [3.8, 4) is 11.6 Å². The summed E-state index contributed by atoms with van der Waals surface area (Å²) in [5, 5.41) is 11.7. The third kappa shape index (κ3) is 4.30. The van der Waals surface area contributed by atoms with E-state index in [9.17, 15) is 4.79 Å². The molecule has 0 unspecified atom stereocenters. The van der Waals surface area contributed by atoms with Crippen molar-refractivity contribution in [1.29, 1.82) is 0 Å². The van der Waals surface area contributed by atoms with Crippen molar-refractivity contribution in [2.75, 3.05) is 6.54 Å². The molecule has 1 atom stereocenters. The number of carbonyl (C=O) groups is 1. The highest BCUT2D eigenvalue weighted by molar-refractivity contribution is 8.00. The van der Waals surface area contributed by atoms with Crippen LogP contribution in [0.1, 0.15) is 12.5 Å². The molecule has 1 amide bonds. The number of furan rings is 1. The van der Waals surface area contributed by atoms with Crippen LogP contribution in [-0.2, 0) is 18.3 Å². The predicted octanol–water partition coefficient (Wildman–Crippen LogP) is 2.91. The van der Waals surface area contributed by atoms with Crippen LogP contribution in [0.25, 0.3) is 11.6 Å². The fourth-order valence-corrected chi connectivity index (χ4v) is 3.21. The second-order valence-electron chi connectivity index (χ2n) is 5.63. The van der Waals surface area contributed by atoms with Crippen LogP contribution in [-0.4, -0.2) is 32.5 Å². The molecule has 6 nitrogen and oxygen atoms in total. The molecule has 0 radical (unpaired) electrons. The molecule has 0 aliphatic heterocycles. The van der Waals surface area contributed by atoms with E-state index in [1.165, 1.54) is 17.3 Å². The number of nitrogens with one attached hydrogen (secondary N) is 1. The average molecular weight is 356 g/mol. The van der Waals surface area contributed by atoms with Gasteiger partial charge < -0.3 is 14.3 Å². The molecule has 1 aromatic carbocycles. The normalized spacial score (nSPS) is 12.1. The molecule has 3 rings (SSSR count). The van der Waals surface area contributed by atoms with Crippen LogP contribution >= 0.6 is 11.8 Å². The van der Waals surface area contributed by atoms with E-state index < -0.39 is 0 Å². The van der Waals surface area contributed by atoms with E-state index in [1.807, 2.05) is 42.8 Å². The zero-order valence-corrected chi connectivity index (χ0v) is 15.0. The summed E-state index contributed by atoms with van der Waals surface area (Å²) >= 11 is 1.38. The first-order valence-electron chi connectivity index (χ1n) is 8.06. The maximum absolute atomic E-state index is 12.3. The molecule has 2 heterocycles. The van der Waals surface area contributed by atoms with Crippen LogP contribution in [0.2, 0.25) is 0 Å². The van der Waals surface area contributed by atoms with Crippen molar-refractivity contribution < 1.29 is 9.21 Å². The van der Waals surface area contributed by atoms with E-state index in [4.69, 9.17) is 4.42 Å². The van der Waals surface area contributed by atoms with Gasteiger partial charge in [-0.25, -0.2) is 0 Å². The number of rotatable bonds is 7. The van der Waals surface area contributed by atoms with Gasteiger partial charge in [-0.3, -0.25) is 4.79 Å². The Morgan fingerprint density at radius 2 is 2.04 bits per heavy atom. The van der Waals surface area contributed by atoms with Gasteiger partial charge in [-0.05, 0) is 31.0 Å². The number of hydrogen-bond acceptors (Lipinski definition) is 5.